The van der Waals surface area contributed by atoms with Gasteiger partial charge in [0.1, 0.15) is 0 Å². The van der Waals surface area contributed by atoms with E-state index in [2.05, 4.69) is 0 Å². The van der Waals surface area contributed by atoms with Crippen LogP contribution in [0.1, 0.15) is 41.5 Å². The average Bonchev–Trinajstić information content (AvgIpc) is 2.27. The lowest BCUT2D eigenvalue weighted by Gasteiger charge is -2.28. The zero-order valence-electron chi connectivity index (χ0n) is 13.1. The van der Waals surface area contributed by atoms with Gasteiger partial charge >= 0.3 is 0 Å². The van der Waals surface area contributed by atoms with Crippen LogP contribution in [0.15, 0.2) is 46.6 Å². The Balaban J connectivity index is 2.53. The maximum Gasteiger partial charge on any atom is 0.186 e. The van der Waals surface area contributed by atoms with Crippen molar-refractivity contribution in [3.05, 3.63) is 46.6 Å². The molecule has 2 rings (SSSR count). The van der Waals surface area contributed by atoms with Gasteiger partial charge in [-0.3, -0.25) is 9.59 Å². The lowest BCUT2D eigenvalue weighted by atomic mass is 9.74. The summed E-state index contributed by atoms with van der Waals surface area (Å²) >= 11 is 0. The van der Waals surface area contributed by atoms with Gasteiger partial charge in [-0.25, -0.2) is 0 Å². The third-order valence-corrected chi connectivity index (χ3v) is 3.73. The minimum Gasteiger partial charge on any atom is -0.289 e. The maximum absolute atomic E-state index is 12.3. The molecule has 0 fully saturated rings. The molecular weight excluding hydrogens is 248 g/mol. The minimum absolute atomic E-state index is 0.0596. The second kappa shape index (κ2) is 4.41. The van der Waals surface area contributed by atoms with Crippen LogP contribution in [-0.2, 0) is 9.59 Å². The zero-order chi connectivity index (χ0) is 15.3. The second-order valence-corrected chi connectivity index (χ2v) is 7.54. The predicted molar refractivity (Wildman–Crippen MR) is 81.3 cm³/mol. The van der Waals surface area contributed by atoms with Crippen molar-refractivity contribution in [3.63, 3.8) is 0 Å². The topological polar surface area (TPSA) is 34.1 Å². The Labute approximate surface area is 120 Å². The van der Waals surface area contributed by atoms with Gasteiger partial charge in [-0.1, -0.05) is 41.5 Å². The van der Waals surface area contributed by atoms with Gasteiger partial charge in [0, 0.05) is 11.1 Å². The van der Waals surface area contributed by atoms with Gasteiger partial charge in [0.15, 0.2) is 11.6 Å². The molecule has 0 aliphatic heterocycles. The summed E-state index contributed by atoms with van der Waals surface area (Å²) in [5, 5.41) is 0. The first kappa shape index (κ1) is 14.7. The third-order valence-electron chi connectivity index (χ3n) is 3.73. The highest BCUT2D eigenvalue weighted by Gasteiger charge is 2.31. The van der Waals surface area contributed by atoms with E-state index >= 15 is 0 Å². The van der Waals surface area contributed by atoms with Gasteiger partial charge in [0.05, 0.1) is 0 Å². The standard InChI is InChI=1S/C18H22O2/c1-17(2,3)11-7-13-14(15(19)9-11)8-12(10-16(13)20)18(4,5)6/h7-10H,1-6H3. The number of fused-ring (bicyclic) bond motifs is 1. The van der Waals surface area contributed by atoms with E-state index in [-0.39, 0.29) is 22.4 Å². The molecule has 0 saturated heterocycles. The van der Waals surface area contributed by atoms with Crippen molar-refractivity contribution >= 4 is 11.6 Å². The second-order valence-electron chi connectivity index (χ2n) is 7.54. The Morgan fingerprint density at radius 2 is 0.900 bits per heavy atom. The molecule has 0 atom stereocenters. The van der Waals surface area contributed by atoms with Gasteiger partial charge in [0.25, 0.3) is 0 Å². The fourth-order valence-corrected chi connectivity index (χ4v) is 2.26. The van der Waals surface area contributed by atoms with Crippen LogP contribution in [0.4, 0.5) is 0 Å². The summed E-state index contributed by atoms with van der Waals surface area (Å²) in [7, 11) is 0. The number of allylic oxidation sites excluding steroid dienone is 8. The van der Waals surface area contributed by atoms with Crippen LogP contribution in [0.25, 0.3) is 0 Å². The summed E-state index contributed by atoms with van der Waals surface area (Å²) in [6, 6.07) is 0. The summed E-state index contributed by atoms with van der Waals surface area (Å²) in [5.41, 5.74) is 2.63. The highest BCUT2D eigenvalue weighted by atomic mass is 16.1. The van der Waals surface area contributed by atoms with E-state index in [0.717, 1.165) is 11.1 Å². The first-order valence-corrected chi connectivity index (χ1v) is 6.97. The highest BCUT2D eigenvalue weighted by Crippen LogP contribution is 2.38. The van der Waals surface area contributed by atoms with Crippen LogP contribution in [-0.4, -0.2) is 11.6 Å². The van der Waals surface area contributed by atoms with E-state index in [0.29, 0.717) is 11.1 Å². The van der Waals surface area contributed by atoms with Gasteiger partial charge in [0.2, 0.25) is 0 Å². The number of ketones is 2. The molecule has 2 nitrogen and oxygen atoms in total. The van der Waals surface area contributed by atoms with Crippen LogP contribution in [0.5, 0.6) is 0 Å². The van der Waals surface area contributed by atoms with Gasteiger partial charge < -0.3 is 0 Å². The Bertz CT molecular complexity index is 553. The van der Waals surface area contributed by atoms with E-state index in [4.69, 9.17) is 0 Å². The average molecular weight is 270 g/mol. The van der Waals surface area contributed by atoms with Gasteiger partial charge in [-0.15, -0.1) is 0 Å². The van der Waals surface area contributed by atoms with Crippen molar-refractivity contribution < 1.29 is 9.59 Å². The molecule has 0 amide bonds. The molecule has 0 aromatic rings. The molecule has 2 aliphatic carbocycles. The highest BCUT2D eigenvalue weighted by molar-refractivity contribution is 6.23. The molecular formula is C18H22O2. The van der Waals surface area contributed by atoms with Gasteiger partial charge in [-0.05, 0) is 46.3 Å². The van der Waals surface area contributed by atoms with Crippen LogP contribution in [0, 0.1) is 10.8 Å². The lowest BCUT2D eigenvalue weighted by molar-refractivity contribution is -0.114. The van der Waals surface area contributed by atoms with Crippen molar-refractivity contribution in [1.82, 2.24) is 0 Å². The van der Waals surface area contributed by atoms with E-state index in [1.165, 1.54) is 0 Å². The quantitative estimate of drug-likeness (QED) is 0.668. The molecule has 0 aromatic heterocycles. The molecule has 106 valence electrons. The first-order valence-electron chi connectivity index (χ1n) is 6.97. The summed E-state index contributed by atoms with van der Waals surface area (Å²) in [6.45, 7) is 12.3. The molecule has 0 spiro atoms. The largest absolute Gasteiger partial charge is 0.289 e. The van der Waals surface area contributed by atoms with E-state index in [9.17, 15) is 9.59 Å². The summed E-state index contributed by atoms with van der Waals surface area (Å²) in [5.74, 6) is -0.119. The lowest BCUT2D eigenvalue weighted by Crippen LogP contribution is -2.23. The number of rotatable bonds is 0. The normalized spacial score (nSPS) is 19.9. The number of hydrogen-bond donors (Lipinski definition) is 0. The van der Waals surface area contributed by atoms with Crippen molar-refractivity contribution in [3.8, 4) is 0 Å². The summed E-state index contributed by atoms with van der Waals surface area (Å²) < 4.78 is 0. The Morgan fingerprint density at radius 3 is 1.15 bits per heavy atom. The van der Waals surface area contributed by atoms with Crippen molar-refractivity contribution in [2.45, 2.75) is 41.5 Å². The summed E-state index contributed by atoms with van der Waals surface area (Å²) in [6.07, 6.45) is 7.06. The fourth-order valence-electron chi connectivity index (χ4n) is 2.26. The molecule has 2 aliphatic rings. The Morgan fingerprint density at radius 1 is 0.600 bits per heavy atom. The van der Waals surface area contributed by atoms with E-state index in [1.807, 2.05) is 53.7 Å². The van der Waals surface area contributed by atoms with Crippen molar-refractivity contribution in [2.24, 2.45) is 10.8 Å². The molecule has 0 heterocycles. The fraction of sp³-hybridized carbons (Fsp3) is 0.444. The minimum atomic E-state index is -0.136. The molecule has 2 heteroatoms. The van der Waals surface area contributed by atoms with Crippen LogP contribution < -0.4 is 0 Å². The number of hydrogen-bond acceptors (Lipinski definition) is 2. The van der Waals surface area contributed by atoms with E-state index in [1.54, 1.807) is 12.2 Å². The molecule has 0 aromatic carbocycles. The molecule has 0 bridgehead atoms. The van der Waals surface area contributed by atoms with Crippen LogP contribution in [0.2, 0.25) is 0 Å². The van der Waals surface area contributed by atoms with Crippen molar-refractivity contribution in [2.75, 3.05) is 0 Å². The third kappa shape index (κ3) is 2.60. The Kier molecular flexibility index (Phi) is 3.24. The van der Waals surface area contributed by atoms with Crippen LogP contribution >= 0.6 is 0 Å². The number of carbonyl (C=O) groups is 2. The predicted octanol–water partition coefficient (Wildman–Crippen LogP) is 3.95. The first-order chi connectivity index (χ1) is 9.00. The summed E-state index contributed by atoms with van der Waals surface area (Å²) in [4.78, 5) is 24.7. The van der Waals surface area contributed by atoms with Crippen molar-refractivity contribution in [1.29, 1.82) is 0 Å². The molecule has 20 heavy (non-hydrogen) atoms. The molecule has 0 unspecified atom stereocenters. The maximum atomic E-state index is 12.3. The van der Waals surface area contributed by atoms with E-state index < -0.39 is 0 Å². The SMILES string of the molecule is CC(C)(C)C1=CC(=O)C2=CC(C(C)(C)C)=CC(=O)C2=C1. The molecule has 0 saturated carbocycles. The smallest absolute Gasteiger partial charge is 0.186 e. The van der Waals surface area contributed by atoms with Crippen LogP contribution in [0.3, 0.4) is 0 Å². The van der Waals surface area contributed by atoms with Gasteiger partial charge in [-0.2, -0.15) is 0 Å². The monoisotopic (exact) mass is 270 g/mol. The molecule has 0 radical (unpaired) electrons. The molecule has 0 N–H and O–H groups in total. The number of carbonyl (C=O) groups excluding carboxylic acids is 2. The Hall–Kier alpha value is -1.70. The zero-order valence-corrected chi connectivity index (χ0v) is 13.1.